The Morgan fingerprint density at radius 3 is 2.42 bits per heavy atom. The third kappa shape index (κ3) is 13.9. The molecular formula is C30H50N2O8. The number of methoxy groups -OCH3 is 1. The number of carbonyl (C=O) groups excluding carboxylic acids is 2. The highest BCUT2D eigenvalue weighted by atomic mass is 16.7. The lowest BCUT2D eigenvalue weighted by Crippen LogP contribution is -2.55. The molecule has 1 aliphatic rings. The normalized spacial score (nSPS) is 17.4. The fourth-order valence-corrected chi connectivity index (χ4v) is 4.69. The molecule has 0 heterocycles. The molecule has 0 saturated heterocycles. The van der Waals surface area contributed by atoms with Gasteiger partial charge in [0.05, 0.1) is 25.4 Å². The van der Waals surface area contributed by atoms with E-state index in [-0.39, 0.29) is 19.9 Å². The fourth-order valence-electron chi connectivity index (χ4n) is 4.69. The highest BCUT2D eigenvalue weighted by Gasteiger charge is 2.34. The minimum Gasteiger partial charge on any atom is -0.460 e. The van der Waals surface area contributed by atoms with E-state index in [9.17, 15) is 14.7 Å². The number of aliphatic hydroxyl groups excluding tert-OH is 1. The molecule has 1 amide bonds. The Labute approximate surface area is 239 Å². The SMILES string of the molecule is COCCOCO[C@@H]([C@H](O)CNC(C)C(=O)OCc1ccccc1)[C@H](CC1CCCCC1)NC(=O)OC(C)(C)C. The number of rotatable bonds is 17. The molecule has 1 fully saturated rings. The molecule has 1 saturated carbocycles. The first-order chi connectivity index (χ1) is 19.1. The molecule has 0 bridgehead atoms. The van der Waals surface area contributed by atoms with Crippen LogP contribution < -0.4 is 10.6 Å². The predicted octanol–water partition coefficient (Wildman–Crippen LogP) is 3.94. The third-order valence-corrected chi connectivity index (χ3v) is 6.78. The highest BCUT2D eigenvalue weighted by Crippen LogP contribution is 2.29. The van der Waals surface area contributed by atoms with E-state index in [0.29, 0.717) is 25.6 Å². The van der Waals surface area contributed by atoms with Gasteiger partial charge in [-0.2, -0.15) is 0 Å². The number of benzene rings is 1. The summed E-state index contributed by atoms with van der Waals surface area (Å²) in [4.78, 5) is 25.3. The summed E-state index contributed by atoms with van der Waals surface area (Å²) in [6.07, 6.45) is 3.80. The first kappa shape index (κ1) is 34.0. The molecule has 40 heavy (non-hydrogen) atoms. The van der Waals surface area contributed by atoms with E-state index in [1.54, 1.807) is 34.8 Å². The molecule has 2 rings (SSSR count). The average Bonchev–Trinajstić information content (AvgIpc) is 2.92. The number of nitrogens with one attached hydrogen (secondary N) is 2. The van der Waals surface area contributed by atoms with Crippen molar-refractivity contribution in [3.63, 3.8) is 0 Å². The Bertz CT molecular complexity index is 842. The lowest BCUT2D eigenvalue weighted by Gasteiger charge is -2.35. The zero-order valence-corrected chi connectivity index (χ0v) is 24.9. The quantitative estimate of drug-likeness (QED) is 0.146. The maximum absolute atomic E-state index is 12.8. The molecule has 228 valence electrons. The van der Waals surface area contributed by atoms with Gasteiger partial charge in [-0.25, -0.2) is 4.79 Å². The van der Waals surface area contributed by atoms with Gasteiger partial charge in [-0.1, -0.05) is 62.4 Å². The second-order valence-corrected chi connectivity index (χ2v) is 11.4. The Hall–Kier alpha value is -2.24. The third-order valence-electron chi connectivity index (χ3n) is 6.78. The van der Waals surface area contributed by atoms with Crippen molar-refractivity contribution in [2.45, 2.75) is 103 Å². The summed E-state index contributed by atoms with van der Waals surface area (Å²) in [5.41, 5.74) is 0.221. The van der Waals surface area contributed by atoms with Gasteiger partial charge in [0.2, 0.25) is 0 Å². The molecule has 3 N–H and O–H groups in total. The van der Waals surface area contributed by atoms with Crippen LogP contribution in [0.4, 0.5) is 4.79 Å². The van der Waals surface area contributed by atoms with Crippen molar-refractivity contribution < 1.29 is 38.4 Å². The second-order valence-electron chi connectivity index (χ2n) is 11.4. The predicted molar refractivity (Wildman–Crippen MR) is 152 cm³/mol. The lowest BCUT2D eigenvalue weighted by molar-refractivity contribution is -0.149. The number of aliphatic hydroxyl groups is 1. The van der Waals surface area contributed by atoms with Crippen LogP contribution >= 0.6 is 0 Å². The highest BCUT2D eigenvalue weighted by molar-refractivity contribution is 5.75. The van der Waals surface area contributed by atoms with Crippen molar-refractivity contribution in [1.29, 1.82) is 0 Å². The smallest absolute Gasteiger partial charge is 0.407 e. The number of ether oxygens (including phenoxy) is 5. The minimum absolute atomic E-state index is 0.0432. The Morgan fingerprint density at radius 2 is 1.77 bits per heavy atom. The molecule has 0 aromatic heterocycles. The van der Waals surface area contributed by atoms with E-state index >= 15 is 0 Å². The molecule has 10 heteroatoms. The van der Waals surface area contributed by atoms with Gasteiger partial charge in [0.25, 0.3) is 0 Å². The standard InChI is InChI=1S/C30H50N2O8/c1-22(28(34)38-20-24-14-10-7-11-15-24)31-19-26(33)27(39-21-37-17-16-36-5)25(18-23-12-8-6-9-13-23)32-29(35)40-30(2,3)4/h7,10-11,14-15,22-23,25-27,31,33H,6,8-9,12-13,16-21H2,1-5H3,(H,32,35)/t22?,25-,26+,27+/m0/s1. The van der Waals surface area contributed by atoms with Crippen molar-refractivity contribution in [3.8, 4) is 0 Å². The molecule has 1 unspecified atom stereocenters. The first-order valence-corrected chi connectivity index (χ1v) is 14.4. The molecule has 0 radical (unpaired) electrons. The summed E-state index contributed by atoms with van der Waals surface area (Å²) in [5, 5.41) is 17.3. The van der Waals surface area contributed by atoms with Crippen LogP contribution in [-0.2, 0) is 35.1 Å². The van der Waals surface area contributed by atoms with E-state index in [1.165, 1.54) is 6.42 Å². The maximum atomic E-state index is 12.8. The molecule has 4 atom stereocenters. The number of hydrogen-bond donors (Lipinski definition) is 3. The first-order valence-electron chi connectivity index (χ1n) is 14.4. The summed E-state index contributed by atoms with van der Waals surface area (Å²) in [5.74, 6) is -0.0386. The zero-order valence-electron chi connectivity index (χ0n) is 24.9. The number of amides is 1. The van der Waals surface area contributed by atoms with Crippen LogP contribution in [0.5, 0.6) is 0 Å². The van der Waals surface area contributed by atoms with Gasteiger partial charge >= 0.3 is 12.1 Å². The van der Waals surface area contributed by atoms with Crippen molar-refractivity contribution in [1.82, 2.24) is 10.6 Å². The number of esters is 1. The van der Waals surface area contributed by atoms with Crippen LogP contribution in [0.25, 0.3) is 0 Å². The summed E-state index contributed by atoms with van der Waals surface area (Å²) in [6.45, 7) is 7.95. The van der Waals surface area contributed by atoms with Crippen LogP contribution in [0.1, 0.15) is 71.8 Å². The van der Waals surface area contributed by atoms with Crippen LogP contribution in [-0.4, -0.2) is 80.7 Å². The molecule has 10 nitrogen and oxygen atoms in total. The maximum Gasteiger partial charge on any atom is 0.407 e. The molecule has 0 spiro atoms. The summed E-state index contributed by atoms with van der Waals surface area (Å²) >= 11 is 0. The van der Waals surface area contributed by atoms with Gasteiger partial charge in [-0.05, 0) is 45.6 Å². The molecule has 1 aromatic rings. The van der Waals surface area contributed by atoms with Crippen molar-refractivity contribution in [2.75, 3.05) is 33.7 Å². The molecule has 1 aromatic carbocycles. The van der Waals surface area contributed by atoms with Gasteiger partial charge in [-0.15, -0.1) is 0 Å². The summed E-state index contributed by atoms with van der Waals surface area (Å²) in [6, 6.07) is 8.25. The van der Waals surface area contributed by atoms with E-state index in [4.69, 9.17) is 23.7 Å². The van der Waals surface area contributed by atoms with Gasteiger partial charge in [0.1, 0.15) is 31.1 Å². The van der Waals surface area contributed by atoms with Crippen LogP contribution in [0, 0.1) is 5.92 Å². The lowest BCUT2D eigenvalue weighted by atomic mass is 9.83. The number of hydrogen-bond acceptors (Lipinski definition) is 9. The van der Waals surface area contributed by atoms with Gasteiger partial charge < -0.3 is 39.4 Å². The van der Waals surface area contributed by atoms with Crippen LogP contribution in [0.15, 0.2) is 30.3 Å². The van der Waals surface area contributed by atoms with Gasteiger partial charge in [0, 0.05) is 13.7 Å². The van der Waals surface area contributed by atoms with E-state index in [2.05, 4.69) is 10.6 Å². The summed E-state index contributed by atoms with van der Waals surface area (Å²) < 4.78 is 27.5. The van der Waals surface area contributed by atoms with E-state index in [1.807, 2.05) is 30.3 Å². The second kappa shape index (κ2) is 18.2. The Morgan fingerprint density at radius 1 is 1.07 bits per heavy atom. The molecule has 0 aliphatic heterocycles. The van der Waals surface area contributed by atoms with Crippen LogP contribution in [0.2, 0.25) is 0 Å². The van der Waals surface area contributed by atoms with E-state index < -0.39 is 42.0 Å². The molecule has 1 aliphatic carbocycles. The minimum atomic E-state index is -1.06. The summed E-state index contributed by atoms with van der Waals surface area (Å²) in [7, 11) is 1.58. The number of carbonyl (C=O) groups is 2. The van der Waals surface area contributed by atoms with Crippen molar-refractivity contribution >= 4 is 12.1 Å². The average molecular weight is 567 g/mol. The number of alkyl carbamates (subject to hydrolysis) is 1. The Balaban J connectivity index is 2.06. The zero-order chi connectivity index (χ0) is 29.4. The monoisotopic (exact) mass is 566 g/mol. The van der Waals surface area contributed by atoms with Gasteiger partial charge in [-0.3, -0.25) is 4.79 Å². The van der Waals surface area contributed by atoms with Crippen molar-refractivity contribution in [2.24, 2.45) is 5.92 Å². The van der Waals surface area contributed by atoms with E-state index in [0.717, 1.165) is 31.2 Å². The van der Waals surface area contributed by atoms with Crippen LogP contribution in [0.3, 0.4) is 0 Å². The Kier molecular flexibility index (Phi) is 15.5. The van der Waals surface area contributed by atoms with Gasteiger partial charge in [0.15, 0.2) is 0 Å². The fraction of sp³-hybridized carbons (Fsp3) is 0.733. The topological polar surface area (TPSA) is 125 Å². The van der Waals surface area contributed by atoms with Crippen molar-refractivity contribution in [3.05, 3.63) is 35.9 Å². The molecular weight excluding hydrogens is 516 g/mol. The largest absolute Gasteiger partial charge is 0.460 e.